The van der Waals surface area contributed by atoms with Gasteiger partial charge < -0.3 is 14.4 Å². The number of carbonyl (C=O) groups excluding carboxylic acids is 1. The number of fused-ring (bicyclic) bond motifs is 3. The Bertz CT molecular complexity index is 586. The highest BCUT2D eigenvalue weighted by Crippen LogP contribution is 2.41. The summed E-state index contributed by atoms with van der Waals surface area (Å²) in [6.45, 7) is 0.812. The number of carbonyl (C=O) groups is 1. The molecule has 118 valence electrons. The Labute approximate surface area is 131 Å². The summed E-state index contributed by atoms with van der Waals surface area (Å²) in [6, 6.07) is 6.04. The highest BCUT2D eigenvalue weighted by Gasteiger charge is 2.46. The largest absolute Gasteiger partial charge is 0.496 e. The second-order valence-electron chi connectivity index (χ2n) is 6.62. The van der Waals surface area contributed by atoms with Gasteiger partial charge in [-0.3, -0.25) is 4.79 Å². The molecule has 0 N–H and O–H groups in total. The molecule has 1 aromatic carbocycles. The van der Waals surface area contributed by atoms with Gasteiger partial charge in [-0.2, -0.15) is 0 Å². The summed E-state index contributed by atoms with van der Waals surface area (Å²) in [5.41, 5.74) is 2.23. The number of anilines is 1. The quantitative estimate of drug-likeness (QED) is 0.843. The average molecular weight is 301 g/mol. The van der Waals surface area contributed by atoms with Crippen molar-refractivity contribution in [3.63, 3.8) is 0 Å². The topological polar surface area (TPSA) is 38.8 Å². The van der Waals surface area contributed by atoms with E-state index in [0.717, 1.165) is 56.5 Å². The molecule has 0 spiro atoms. The summed E-state index contributed by atoms with van der Waals surface area (Å²) in [7, 11) is 1.70. The van der Waals surface area contributed by atoms with Crippen molar-refractivity contribution in [1.29, 1.82) is 0 Å². The molecular formula is C18H23NO3. The Hall–Kier alpha value is -1.55. The van der Waals surface area contributed by atoms with Crippen LogP contribution in [0.2, 0.25) is 0 Å². The van der Waals surface area contributed by atoms with E-state index < -0.39 is 0 Å². The normalized spacial score (nSPS) is 30.0. The van der Waals surface area contributed by atoms with Crippen molar-refractivity contribution in [3.8, 4) is 5.75 Å². The molecule has 2 fully saturated rings. The summed E-state index contributed by atoms with van der Waals surface area (Å²) in [5.74, 6) is 1.21. The first kappa shape index (κ1) is 14.1. The van der Waals surface area contributed by atoms with Crippen molar-refractivity contribution in [2.45, 2.75) is 50.7 Å². The van der Waals surface area contributed by atoms with E-state index in [9.17, 15) is 4.79 Å². The maximum absolute atomic E-state index is 13.1. The van der Waals surface area contributed by atoms with Crippen LogP contribution in [0, 0.1) is 5.92 Å². The molecule has 22 heavy (non-hydrogen) atoms. The van der Waals surface area contributed by atoms with Gasteiger partial charge in [0.05, 0.1) is 30.9 Å². The Kier molecular flexibility index (Phi) is 3.57. The first-order valence-electron chi connectivity index (χ1n) is 8.40. The number of rotatable bonds is 2. The molecule has 3 heterocycles. The summed E-state index contributed by atoms with van der Waals surface area (Å²) in [4.78, 5) is 15.1. The number of ether oxygens (including phenoxy) is 2. The van der Waals surface area contributed by atoms with Crippen LogP contribution in [0.3, 0.4) is 0 Å². The monoisotopic (exact) mass is 301 g/mol. The minimum Gasteiger partial charge on any atom is -0.496 e. The molecule has 0 aliphatic carbocycles. The van der Waals surface area contributed by atoms with Crippen molar-refractivity contribution >= 4 is 11.6 Å². The van der Waals surface area contributed by atoms with Gasteiger partial charge in [0.25, 0.3) is 0 Å². The van der Waals surface area contributed by atoms with Crippen molar-refractivity contribution in [3.05, 3.63) is 23.8 Å². The number of methoxy groups -OCH3 is 1. The second-order valence-corrected chi connectivity index (χ2v) is 6.62. The molecule has 3 atom stereocenters. The third-order valence-corrected chi connectivity index (χ3v) is 5.37. The minimum absolute atomic E-state index is 0.0518. The van der Waals surface area contributed by atoms with E-state index >= 15 is 0 Å². The Morgan fingerprint density at radius 1 is 1.32 bits per heavy atom. The van der Waals surface area contributed by atoms with E-state index in [2.05, 4.69) is 6.07 Å². The van der Waals surface area contributed by atoms with Gasteiger partial charge in [0.1, 0.15) is 5.75 Å². The van der Waals surface area contributed by atoms with Gasteiger partial charge in [0.2, 0.25) is 5.91 Å². The zero-order valence-corrected chi connectivity index (χ0v) is 13.1. The molecule has 0 aromatic heterocycles. The molecule has 1 aromatic rings. The van der Waals surface area contributed by atoms with Crippen LogP contribution in [0.4, 0.5) is 5.69 Å². The van der Waals surface area contributed by atoms with E-state index in [1.807, 2.05) is 17.0 Å². The smallest absolute Gasteiger partial charge is 0.232 e. The van der Waals surface area contributed by atoms with Crippen LogP contribution in [-0.2, 0) is 16.0 Å². The van der Waals surface area contributed by atoms with E-state index in [4.69, 9.17) is 9.47 Å². The molecule has 2 saturated heterocycles. The van der Waals surface area contributed by atoms with Crippen LogP contribution in [0.1, 0.15) is 37.7 Å². The van der Waals surface area contributed by atoms with Crippen LogP contribution in [-0.4, -0.2) is 31.8 Å². The molecule has 0 radical (unpaired) electrons. The zero-order chi connectivity index (χ0) is 15.1. The van der Waals surface area contributed by atoms with Crippen LogP contribution < -0.4 is 9.64 Å². The Morgan fingerprint density at radius 3 is 2.95 bits per heavy atom. The van der Waals surface area contributed by atoms with Gasteiger partial charge in [0.15, 0.2) is 0 Å². The second kappa shape index (κ2) is 5.58. The number of nitrogens with zero attached hydrogens (tertiary/aromatic N) is 1. The lowest BCUT2D eigenvalue weighted by atomic mass is 9.88. The number of hydrogen-bond acceptors (Lipinski definition) is 3. The number of amides is 1. The predicted molar refractivity (Wildman–Crippen MR) is 84.3 cm³/mol. The van der Waals surface area contributed by atoms with Crippen molar-refractivity contribution in [1.82, 2.24) is 0 Å². The molecule has 4 rings (SSSR count). The molecule has 3 aliphatic heterocycles. The van der Waals surface area contributed by atoms with Gasteiger partial charge in [-0.25, -0.2) is 0 Å². The highest BCUT2D eigenvalue weighted by atomic mass is 16.5. The van der Waals surface area contributed by atoms with Crippen LogP contribution in [0.25, 0.3) is 0 Å². The fourth-order valence-corrected chi connectivity index (χ4v) is 4.27. The molecule has 3 aliphatic rings. The molecule has 4 heteroatoms. The first-order chi connectivity index (χ1) is 10.8. The molecule has 3 unspecified atom stereocenters. The third kappa shape index (κ3) is 2.21. The predicted octanol–water partition coefficient (Wildman–Crippen LogP) is 2.93. The fraction of sp³-hybridized carbons (Fsp3) is 0.611. The standard InChI is InChI=1S/C18H23NO3/c1-21-16-7-4-6-15-13(16)5-2-3-10-19(15)18(20)14-11-12-8-9-17(14)22-12/h4,6-7,12,14,17H,2-3,5,8-11H2,1H3. The lowest BCUT2D eigenvalue weighted by Gasteiger charge is -2.28. The lowest BCUT2D eigenvalue weighted by Crippen LogP contribution is -2.40. The van der Waals surface area contributed by atoms with E-state index in [0.29, 0.717) is 6.10 Å². The van der Waals surface area contributed by atoms with E-state index in [1.54, 1.807) is 7.11 Å². The average Bonchev–Trinajstić information content (AvgIpc) is 3.11. The minimum atomic E-state index is 0.0518. The zero-order valence-electron chi connectivity index (χ0n) is 13.1. The van der Waals surface area contributed by atoms with Gasteiger partial charge in [-0.05, 0) is 50.7 Å². The molecule has 4 nitrogen and oxygen atoms in total. The SMILES string of the molecule is COc1cccc2c1CCCCN2C(=O)C1CC2CCC1O2. The summed E-state index contributed by atoms with van der Waals surface area (Å²) < 4.78 is 11.4. The summed E-state index contributed by atoms with van der Waals surface area (Å²) >= 11 is 0. The maximum Gasteiger partial charge on any atom is 0.232 e. The van der Waals surface area contributed by atoms with Crippen LogP contribution >= 0.6 is 0 Å². The fourth-order valence-electron chi connectivity index (χ4n) is 4.27. The van der Waals surface area contributed by atoms with Crippen LogP contribution in [0.5, 0.6) is 5.75 Å². The van der Waals surface area contributed by atoms with Crippen molar-refractivity contribution in [2.24, 2.45) is 5.92 Å². The van der Waals surface area contributed by atoms with E-state index in [-0.39, 0.29) is 17.9 Å². The van der Waals surface area contributed by atoms with Crippen molar-refractivity contribution < 1.29 is 14.3 Å². The van der Waals surface area contributed by atoms with Gasteiger partial charge in [0, 0.05) is 12.1 Å². The summed E-state index contributed by atoms with van der Waals surface area (Å²) in [6.07, 6.45) is 6.66. The number of benzene rings is 1. The Morgan fingerprint density at radius 2 is 2.23 bits per heavy atom. The van der Waals surface area contributed by atoms with Gasteiger partial charge in [-0.15, -0.1) is 0 Å². The molecule has 0 saturated carbocycles. The molecular weight excluding hydrogens is 278 g/mol. The van der Waals surface area contributed by atoms with Crippen molar-refractivity contribution in [2.75, 3.05) is 18.6 Å². The Balaban J connectivity index is 1.66. The summed E-state index contributed by atoms with van der Waals surface area (Å²) in [5, 5.41) is 0. The highest BCUT2D eigenvalue weighted by molar-refractivity contribution is 5.97. The lowest BCUT2D eigenvalue weighted by molar-refractivity contribution is -0.123. The maximum atomic E-state index is 13.1. The van der Waals surface area contributed by atoms with E-state index in [1.165, 1.54) is 5.56 Å². The van der Waals surface area contributed by atoms with Gasteiger partial charge >= 0.3 is 0 Å². The molecule has 1 amide bonds. The van der Waals surface area contributed by atoms with Gasteiger partial charge in [-0.1, -0.05) is 6.07 Å². The first-order valence-corrected chi connectivity index (χ1v) is 8.40. The molecule has 2 bridgehead atoms. The van der Waals surface area contributed by atoms with Crippen LogP contribution in [0.15, 0.2) is 18.2 Å². The number of hydrogen-bond donors (Lipinski definition) is 0. The third-order valence-electron chi connectivity index (χ3n) is 5.37.